The van der Waals surface area contributed by atoms with E-state index >= 15 is 0 Å². The highest BCUT2D eigenvalue weighted by molar-refractivity contribution is 6.31. The van der Waals surface area contributed by atoms with Crippen molar-refractivity contribution in [2.75, 3.05) is 10.6 Å². The van der Waals surface area contributed by atoms with Crippen LogP contribution in [0, 0.1) is 0 Å². The quantitative estimate of drug-likeness (QED) is 0.255. The SMILES string of the molecule is O=C(Cc1ccc(Cl)cc1)Nc1cccc2cc(C(=O)Nc3ccc(Cl)cc3-c3nnn[nH]3)[nH]c12. The Balaban J connectivity index is 1.37. The van der Waals surface area contributed by atoms with Gasteiger partial charge in [0.2, 0.25) is 5.91 Å². The maximum absolute atomic E-state index is 13.1. The number of benzene rings is 3. The zero-order valence-corrected chi connectivity index (χ0v) is 19.5. The van der Waals surface area contributed by atoms with Crippen molar-refractivity contribution in [2.24, 2.45) is 0 Å². The first-order chi connectivity index (χ1) is 17.0. The first kappa shape index (κ1) is 22.6. The highest BCUT2D eigenvalue weighted by atomic mass is 35.5. The third kappa shape index (κ3) is 5.01. The fourth-order valence-electron chi connectivity index (χ4n) is 3.65. The largest absolute Gasteiger partial charge is 0.349 e. The molecule has 3 aromatic carbocycles. The zero-order valence-electron chi connectivity index (χ0n) is 18.0. The first-order valence-corrected chi connectivity index (χ1v) is 11.2. The van der Waals surface area contributed by atoms with E-state index in [9.17, 15) is 9.59 Å². The molecule has 0 bridgehead atoms. The van der Waals surface area contributed by atoms with Crippen molar-refractivity contribution in [3.05, 3.63) is 88.0 Å². The highest BCUT2D eigenvalue weighted by Gasteiger charge is 2.16. The molecule has 5 aromatic rings. The molecule has 0 fully saturated rings. The smallest absolute Gasteiger partial charge is 0.272 e. The van der Waals surface area contributed by atoms with Crippen LogP contribution in [0.2, 0.25) is 10.0 Å². The molecule has 5 rings (SSSR count). The molecule has 0 unspecified atom stereocenters. The van der Waals surface area contributed by atoms with Crippen molar-refractivity contribution in [1.29, 1.82) is 0 Å². The number of carbonyl (C=O) groups excluding carboxylic acids is 2. The van der Waals surface area contributed by atoms with Crippen molar-refractivity contribution in [2.45, 2.75) is 6.42 Å². The molecular weight excluding hydrogens is 489 g/mol. The predicted molar refractivity (Wildman–Crippen MR) is 135 cm³/mol. The molecule has 2 aromatic heterocycles. The molecule has 4 N–H and O–H groups in total. The summed E-state index contributed by atoms with van der Waals surface area (Å²) in [5.74, 6) is -0.201. The van der Waals surface area contributed by atoms with Crippen LogP contribution in [-0.4, -0.2) is 37.4 Å². The lowest BCUT2D eigenvalue weighted by atomic mass is 10.1. The number of fused-ring (bicyclic) bond motifs is 1. The van der Waals surface area contributed by atoms with Gasteiger partial charge in [-0.25, -0.2) is 5.10 Å². The second kappa shape index (κ2) is 9.57. The summed E-state index contributed by atoms with van der Waals surface area (Å²) in [4.78, 5) is 28.8. The van der Waals surface area contributed by atoms with E-state index in [1.807, 2.05) is 12.1 Å². The lowest BCUT2D eigenvalue weighted by Crippen LogP contribution is -2.15. The second-order valence-electron chi connectivity index (χ2n) is 7.70. The van der Waals surface area contributed by atoms with E-state index in [0.29, 0.717) is 44.0 Å². The van der Waals surface area contributed by atoms with E-state index < -0.39 is 0 Å². The number of anilines is 2. The third-order valence-electron chi connectivity index (χ3n) is 5.28. The van der Waals surface area contributed by atoms with Crippen LogP contribution in [0.3, 0.4) is 0 Å². The minimum atomic E-state index is -0.379. The summed E-state index contributed by atoms with van der Waals surface area (Å²) in [7, 11) is 0. The van der Waals surface area contributed by atoms with Crippen LogP contribution in [0.1, 0.15) is 16.1 Å². The summed E-state index contributed by atoms with van der Waals surface area (Å²) in [5.41, 5.74) is 3.39. The molecule has 0 aliphatic rings. The highest BCUT2D eigenvalue weighted by Crippen LogP contribution is 2.29. The molecule has 0 spiro atoms. The Morgan fingerprint density at radius 1 is 0.886 bits per heavy atom. The minimum absolute atomic E-state index is 0.188. The van der Waals surface area contributed by atoms with Gasteiger partial charge in [-0.05, 0) is 58.5 Å². The number of rotatable bonds is 6. The number of hydrogen-bond donors (Lipinski definition) is 4. The predicted octanol–water partition coefficient (Wildman–Crippen LogP) is 5.09. The molecule has 0 aliphatic heterocycles. The van der Waals surface area contributed by atoms with Crippen molar-refractivity contribution >= 4 is 57.3 Å². The Morgan fingerprint density at radius 2 is 1.69 bits per heavy atom. The maximum Gasteiger partial charge on any atom is 0.272 e. The number of amides is 2. The average Bonchev–Trinajstić information content (AvgIpc) is 3.52. The van der Waals surface area contributed by atoms with E-state index in [-0.39, 0.29) is 18.2 Å². The monoisotopic (exact) mass is 505 g/mol. The number of aromatic nitrogens is 5. The van der Waals surface area contributed by atoms with Crippen molar-refractivity contribution in [1.82, 2.24) is 25.6 Å². The van der Waals surface area contributed by atoms with Gasteiger partial charge in [-0.3, -0.25) is 9.59 Å². The molecule has 0 atom stereocenters. The normalized spacial score (nSPS) is 10.9. The fourth-order valence-corrected chi connectivity index (χ4v) is 3.95. The van der Waals surface area contributed by atoms with Crippen LogP contribution in [0.15, 0.2) is 66.7 Å². The van der Waals surface area contributed by atoms with Crippen LogP contribution >= 0.6 is 23.2 Å². The van der Waals surface area contributed by atoms with Gasteiger partial charge in [-0.1, -0.05) is 47.5 Å². The second-order valence-corrected chi connectivity index (χ2v) is 8.57. The Labute approximate surface area is 208 Å². The maximum atomic E-state index is 13.1. The van der Waals surface area contributed by atoms with Gasteiger partial charge in [0.1, 0.15) is 5.69 Å². The van der Waals surface area contributed by atoms with Gasteiger partial charge in [0.15, 0.2) is 5.82 Å². The molecule has 35 heavy (non-hydrogen) atoms. The summed E-state index contributed by atoms with van der Waals surface area (Å²) in [6.45, 7) is 0. The minimum Gasteiger partial charge on any atom is -0.349 e. The van der Waals surface area contributed by atoms with Gasteiger partial charge < -0.3 is 15.6 Å². The lowest BCUT2D eigenvalue weighted by molar-refractivity contribution is -0.115. The van der Waals surface area contributed by atoms with E-state index in [0.717, 1.165) is 10.9 Å². The summed E-state index contributed by atoms with van der Waals surface area (Å²) in [5, 5.41) is 21.3. The van der Waals surface area contributed by atoms with E-state index in [1.54, 1.807) is 54.6 Å². The van der Waals surface area contributed by atoms with Crippen molar-refractivity contribution in [3.8, 4) is 11.4 Å². The van der Waals surface area contributed by atoms with E-state index in [4.69, 9.17) is 23.2 Å². The van der Waals surface area contributed by atoms with Crippen LogP contribution in [-0.2, 0) is 11.2 Å². The Kier molecular flexibility index (Phi) is 6.17. The molecule has 0 saturated heterocycles. The number of H-pyrrole nitrogens is 2. The summed E-state index contributed by atoms with van der Waals surface area (Å²) < 4.78 is 0. The summed E-state index contributed by atoms with van der Waals surface area (Å²) >= 11 is 12.0. The molecule has 2 heterocycles. The molecule has 0 saturated carbocycles. The summed E-state index contributed by atoms with van der Waals surface area (Å²) in [6, 6.07) is 19.2. The van der Waals surface area contributed by atoms with Crippen molar-refractivity contribution < 1.29 is 9.59 Å². The summed E-state index contributed by atoms with van der Waals surface area (Å²) in [6.07, 6.45) is 0.192. The Hall–Kier alpha value is -4.21. The Morgan fingerprint density at radius 3 is 2.46 bits per heavy atom. The molecule has 11 heteroatoms. The van der Waals surface area contributed by atoms with Gasteiger partial charge in [-0.15, -0.1) is 5.10 Å². The number of aromatic amines is 2. The number of hydrogen-bond acceptors (Lipinski definition) is 5. The first-order valence-electron chi connectivity index (χ1n) is 10.5. The van der Waals surface area contributed by atoms with Gasteiger partial charge in [0.25, 0.3) is 5.91 Å². The van der Waals surface area contributed by atoms with Crippen LogP contribution < -0.4 is 10.6 Å². The third-order valence-corrected chi connectivity index (χ3v) is 5.77. The van der Waals surface area contributed by atoms with Gasteiger partial charge in [0.05, 0.1) is 23.3 Å². The average molecular weight is 506 g/mol. The number of para-hydroxylation sites is 1. The van der Waals surface area contributed by atoms with Crippen LogP contribution in [0.4, 0.5) is 11.4 Å². The molecule has 9 nitrogen and oxygen atoms in total. The zero-order chi connectivity index (χ0) is 24.4. The van der Waals surface area contributed by atoms with Crippen molar-refractivity contribution in [3.63, 3.8) is 0 Å². The Bertz CT molecular complexity index is 1530. The van der Waals surface area contributed by atoms with E-state index in [1.165, 1.54) is 0 Å². The topological polar surface area (TPSA) is 128 Å². The number of nitrogens with zero attached hydrogens (tertiary/aromatic N) is 3. The number of tetrazole rings is 1. The molecule has 0 aliphatic carbocycles. The van der Waals surface area contributed by atoms with E-state index in [2.05, 4.69) is 36.2 Å². The van der Waals surface area contributed by atoms with Crippen LogP contribution in [0.25, 0.3) is 22.3 Å². The number of carbonyl (C=O) groups is 2. The fraction of sp³-hybridized carbons (Fsp3) is 0.0417. The molecule has 2 amide bonds. The molecule has 174 valence electrons. The lowest BCUT2D eigenvalue weighted by Gasteiger charge is -2.09. The molecule has 0 radical (unpaired) electrons. The molecular formula is C24H17Cl2N7O2. The van der Waals surface area contributed by atoms with Gasteiger partial charge >= 0.3 is 0 Å². The van der Waals surface area contributed by atoms with Crippen LogP contribution in [0.5, 0.6) is 0 Å². The number of nitrogens with one attached hydrogen (secondary N) is 4. The standard InChI is InChI=1S/C24H17Cl2N7O2/c25-15-6-4-13(5-7-15)10-21(34)27-19-3-1-2-14-11-20(28-22(14)19)24(35)29-18-9-8-16(26)12-17(18)23-30-32-33-31-23/h1-9,11-12,28H,10H2,(H,27,34)(H,29,35)(H,30,31,32,33). The van der Waals surface area contributed by atoms with Gasteiger partial charge in [-0.2, -0.15) is 0 Å². The number of halogens is 2. The van der Waals surface area contributed by atoms with Gasteiger partial charge in [0, 0.05) is 21.0 Å².